The molecular formula is C27H34Cl2N6O6. The summed E-state index contributed by atoms with van der Waals surface area (Å²) in [5, 5.41) is -0.0784. The lowest BCUT2D eigenvalue weighted by molar-refractivity contribution is 0.0427. The molecule has 222 valence electrons. The minimum Gasteiger partial charge on any atom is -0.443 e. The molecule has 0 radical (unpaired) electrons. The van der Waals surface area contributed by atoms with E-state index in [0.29, 0.717) is 4.90 Å². The van der Waals surface area contributed by atoms with Gasteiger partial charge in [-0.25, -0.2) is 33.9 Å². The van der Waals surface area contributed by atoms with Gasteiger partial charge in [-0.2, -0.15) is 0 Å². The first-order chi connectivity index (χ1) is 18.7. The van der Waals surface area contributed by atoms with Crippen LogP contribution in [0.25, 0.3) is 16.7 Å². The number of nitrogens with one attached hydrogen (secondary N) is 1. The van der Waals surface area contributed by atoms with Crippen LogP contribution >= 0.6 is 23.2 Å². The number of rotatable bonds is 4. The van der Waals surface area contributed by atoms with Crippen LogP contribution in [0, 0.1) is 0 Å². The van der Waals surface area contributed by atoms with Gasteiger partial charge in [0.2, 0.25) is 5.95 Å². The Morgan fingerprint density at radius 1 is 0.878 bits per heavy atom. The molecule has 0 fully saturated rings. The van der Waals surface area contributed by atoms with Gasteiger partial charge in [0.15, 0.2) is 5.65 Å². The summed E-state index contributed by atoms with van der Waals surface area (Å²) in [6.45, 7) is 17.1. The fourth-order valence-corrected chi connectivity index (χ4v) is 4.07. The van der Waals surface area contributed by atoms with Gasteiger partial charge in [-0.05, 0) is 59.4 Å². The van der Waals surface area contributed by atoms with Crippen molar-refractivity contribution < 1.29 is 19.1 Å². The maximum atomic E-state index is 13.3. The number of imide groups is 1. The Kier molecular flexibility index (Phi) is 8.90. The molecule has 0 aliphatic carbocycles. The van der Waals surface area contributed by atoms with Crippen LogP contribution in [0.3, 0.4) is 0 Å². The molecule has 2 amide bonds. The Bertz CT molecular complexity index is 1580. The van der Waals surface area contributed by atoms with Crippen molar-refractivity contribution in [2.45, 2.75) is 92.3 Å². The molecule has 0 saturated heterocycles. The number of amides is 2. The van der Waals surface area contributed by atoms with Crippen LogP contribution in [0.4, 0.5) is 15.5 Å². The highest BCUT2D eigenvalue weighted by Crippen LogP contribution is 2.33. The number of ether oxygens (including phenoxy) is 2. The second-order valence-corrected chi connectivity index (χ2v) is 12.7. The number of nitrogens with zero attached hydrogens (tertiary/aromatic N) is 5. The van der Waals surface area contributed by atoms with E-state index in [-0.39, 0.29) is 56.1 Å². The molecule has 0 bridgehead atoms. The molecule has 0 atom stereocenters. The normalized spacial score (nSPS) is 12.2. The molecule has 3 aromatic heterocycles. The molecule has 0 unspecified atom stereocenters. The first kappa shape index (κ1) is 32.0. The molecule has 0 saturated carbocycles. The van der Waals surface area contributed by atoms with Crippen LogP contribution in [0.1, 0.15) is 92.5 Å². The van der Waals surface area contributed by atoms with Crippen molar-refractivity contribution >= 4 is 52.4 Å². The van der Waals surface area contributed by atoms with Crippen molar-refractivity contribution in [3.8, 4) is 5.69 Å². The predicted octanol–water partition coefficient (Wildman–Crippen LogP) is 6.09. The largest absolute Gasteiger partial charge is 0.443 e. The standard InChI is InChI=1S/C27H34Cl2N6O6/c1-12(2)16-18(34-20-14(21(36)33-23(34)37)11-15(28)19(29)32-20)17(13(3)4)31-22(30-16)35(24(38)40-26(5,6)7)25(39)41-27(8,9)10/h11-13H,1-10H3,(H,33,36,37). The summed E-state index contributed by atoms with van der Waals surface area (Å²) in [5.41, 5.74) is -2.72. The van der Waals surface area contributed by atoms with Gasteiger partial charge in [-0.15, -0.1) is 4.90 Å². The topological polar surface area (TPSA) is 149 Å². The number of carbonyl (C=O) groups is 2. The van der Waals surface area contributed by atoms with E-state index in [1.54, 1.807) is 69.2 Å². The van der Waals surface area contributed by atoms with Gasteiger partial charge >= 0.3 is 17.9 Å². The lowest BCUT2D eigenvalue weighted by Gasteiger charge is -2.29. The Morgan fingerprint density at radius 2 is 1.34 bits per heavy atom. The van der Waals surface area contributed by atoms with Crippen LogP contribution in [0.15, 0.2) is 15.7 Å². The molecule has 12 nitrogen and oxygen atoms in total. The summed E-state index contributed by atoms with van der Waals surface area (Å²) in [6.07, 6.45) is -2.09. The fourth-order valence-electron chi connectivity index (χ4n) is 3.78. The van der Waals surface area contributed by atoms with Gasteiger partial charge in [0.05, 0.1) is 27.5 Å². The number of hydrogen-bond acceptors (Lipinski definition) is 9. The molecule has 3 heterocycles. The highest BCUT2D eigenvalue weighted by atomic mass is 35.5. The molecule has 0 spiro atoms. The van der Waals surface area contributed by atoms with Crippen molar-refractivity contribution in [3.05, 3.63) is 48.5 Å². The van der Waals surface area contributed by atoms with E-state index in [1.807, 2.05) is 0 Å². The zero-order valence-electron chi connectivity index (χ0n) is 24.7. The lowest BCUT2D eigenvalue weighted by atomic mass is 10.0. The molecule has 14 heteroatoms. The summed E-state index contributed by atoms with van der Waals surface area (Å²) in [7, 11) is 0. The summed E-state index contributed by atoms with van der Waals surface area (Å²) in [5.74, 6) is -1.06. The van der Waals surface area contributed by atoms with Gasteiger partial charge in [0.1, 0.15) is 16.4 Å². The third kappa shape index (κ3) is 7.05. The highest BCUT2D eigenvalue weighted by Gasteiger charge is 2.36. The Labute approximate surface area is 247 Å². The molecule has 0 aliphatic rings. The molecule has 41 heavy (non-hydrogen) atoms. The molecule has 0 aliphatic heterocycles. The van der Waals surface area contributed by atoms with Gasteiger partial charge < -0.3 is 9.47 Å². The maximum Gasteiger partial charge on any atom is 0.427 e. The van der Waals surface area contributed by atoms with E-state index in [1.165, 1.54) is 6.07 Å². The fraction of sp³-hybridized carbons (Fsp3) is 0.519. The van der Waals surface area contributed by atoms with Crippen LogP contribution in [0.2, 0.25) is 10.2 Å². The van der Waals surface area contributed by atoms with Gasteiger partial charge in [0.25, 0.3) is 5.56 Å². The van der Waals surface area contributed by atoms with Crippen molar-refractivity contribution in [3.63, 3.8) is 0 Å². The average Bonchev–Trinajstić information content (AvgIpc) is 2.78. The minimum absolute atomic E-state index is 0.0108. The Morgan fingerprint density at radius 3 is 1.76 bits per heavy atom. The highest BCUT2D eigenvalue weighted by molar-refractivity contribution is 6.41. The summed E-state index contributed by atoms with van der Waals surface area (Å²) >= 11 is 12.3. The second kappa shape index (κ2) is 11.4. The molecule has 1 N–H and O–H groups in total. The van der Waals surface area contributed by atoms with E-state index in [0.717, 1.165) is 4.57 Å². The van der Waals surface area contributed by atoms with E-state index < -0.39 is 34.6 Å². The van der Waals surface area contributed by atoms with Crippen molar-refractivity contribution in [1.82, 2.24) is 24.5 Å². The zero-order valence-corrected chi connectivity index (χ0v) is 26.2. The lowest BCUT2D eigenvalue weighted by Crippen LogP contribution is -2.45. The molecule has 3 rings (SSSR count). The first-order valence-corrected chi connectivity index (χ1v) is 13.7. The molecule has 0 aromatic carbocycles. The SMILES string of the molecule is CC(C)c1nc(N(C(=O)OC(C)(C)C)C(=O)OC(C)(C)C)nc(C(C)C)c1-n1c(=O)[nH]c(=O)c2cc(Cl)c(Cl)nc21. The second-order valence-electron chi connectivity index (χ2n) is 12.0. The third-order valence-electron chi connectivity index (χ3n) is 5.39. The van der Waals surface area contributed by atoms with Crippen molar-refractivity contribution in [2.24, 2.45) is 0 Å². The van der Waals surface area contributed by atoms with E-state index in [9.17, 15) is 19.2 Å². The third-order valence-corrected chi connectivity index (χ3v) is 6.06. The predicted molar refractivity (Wildman–Crippen MR) is 157 cm³/mol. The van der Waals surface area contributed by atoms with Gasteiger partial charge in [-0.3, -0.25) is 9.78 Å². The molecule has 3 aromatic rings. The van der Waals surface area contributed by atoms with E-state index >= 15 is 0 Å². The monoisotopic (exact) mass is 608 g/mol. The van der Waals surface area contributed by atoms with Gasteiger partial charge in [-0.1, -0.05) is 50.9 Å². The number of anilines is 1. The Hall–Kier alpha value is -3.51. The van der Waals surface area contributed by atoms with Crippen LogP contribution < -0.4 is 16.1 Å². The molecular weight excluding hydrogens is 575 g/mol. The summed E-state index contributed by atoms with van der Waals surface area (Å²) < 4.78 is 12.1. The maximum absolute atomic E-state index is 13.3. The minimum atomic E-state index is -1.04. The number of aromatic nitrogens is 5. The van der Waals surface area contributed by atoms with Crippen LogP contribution in [-0.2, 0) is 9.47 Å². The zero-order chi connectivity index (χ0) is 31.2. The average molecular weight is 610 g/mol. The van der Waals surface area contributed by atoms with Gasteiger partial charge in [0, 0.05) is 0 Å². The number of H-pyrrole nitrogens is 1. The summed E-state index contributed by atoms with van der Waals surface area (Å²) in [6, 6.07) is 1.31. The summed E-state index contributed by atoms with van der Waals surface area (Å²) in [4.78, 5) is 68.9. The smallest absolute Gasteiger partial charge is 0.427 e. The number of aromatic amines is 1. The van der Waals surface area contributed by atoms with E-state index in [4.69, 9.17) is 32.7 Å². The van der Waals surface area contributed by atoms with Crippen molar-refractivity contribution in [2.75, 3.05) is 4.90 Å². The number of hydrogen-bond donors (Lipinski definition) is 1. The first-order valence-electron chi connectivity index (χ1n) is 12.9. The quantitative estimate of drug-likeness (QED) is 0.347. The number of fused-ring (bicyclic) bond motifs is 1. The van der Waals surface area contributed by atoms with E-state index in [2.05, 4.69) is 19.9 Å². The van der Waals surface area contributed by atoms with Crippen LogP contribution in [0.5, 0.6) is 0 Å². The number of halogens is 2. The van der Waals surface area contributed by atoms with Crippen LogP contribution in [-0.4, -0.2) is 47.9 Å². The number of carbonyl (C=O) groups excluding carboxylic acids is 2. The Balaban J connectivity index is 2.46. The number of pyridine rings is 1. The van der Waals surface area contributed by atoms with Crippen molar-refractivity contribution in [1.29, 1.82) is 0 Å².